The van der Waals surface area contributed by atoms with Crippen molar-refractivity contribution in [2.75, 3.05) is 6.54 Å². The lowest BCUT2D eigenvalue weighted by Gasteiger charge is -2.01. The molecule has 0 unspecified atom stereocenters. The Hall–Kier alpha value is -1.61. The first-order valence-corrected chi connectivity index (χ1v) is 7.04. The quantitative estimate of drug-likeness (QED) is 0.776. The summed E-state index contributed by atoms with van der Waals surface area (Å²) < 4.78 is 0. The van der Waals surface area contributed by atoms with Gasteiger partial charge in [-0.1, -0.05) is 43.2 Å². The molecular formula is C16H23N3. The van der Waals surface area contributed by atoms with Crippen LogP contribution >= 0.6 is 0 Å². The van der Waals surface area contributed by atoms with E-state index < -0.39 is 0 Å². The van der Waals surface area contributed by atoms with E-state index in [1.165, 1.54) is 18.4 Å². The van der Waals surface area contributed by atoms with Gasteiger partial charge in [0, 0.05) is 17.8 Å². The predicted molar refractivity (Wildman–Crippen MR) is 80.1 cm³/mol. The number of aryl methyl sites for hydroxylation is 2. The highest BCUT2D eigenvalue weighted by Crippen LogP contribution is 2.18. The van der Waals surface area contributed by atoms with E-state index in [1.54, 1.807) is 0 Å². The van der Waals surface area contributed by atoms with E-state index in [0.717, 1.165) is 35.9 Å². The maximum atomic E-state index is 4.69. The van der Waals surface area contributed by atoms with E-state index in [-0.39, 0.29) is 0 Å². The van der Waals surface area contributed by atoms with Gasteiger partial charge in [0.15, 0.2) is 0 Å². The minimum atomic E-state index is 0.841. The highest BCUT2D eigenvalue weighted by Gasteiger charge is 2.07. The third-order valence-electron chi connectivity index (χ3n) is 3.31. The maximum Gasteiger partial charge on any atom is 0.137 e. The maximum absolute atomic E-state index is 4.69. The summed E-state index contributed by atoms with van der Waals surface area (Å²) in [5.41, 5.74) is 4.69. The molecule has 0 saturated carbocycles. The van der Waals surface area contributed by atoms with Crippen molar-refractivity contribution in [2.45, 2.75) is 40.2 Å². The van der Waals surface area contributed by atoms with Gasteiger partial charge in [-0.2, -0.15) is 0 Å². The first-order valence-electron chi connectivity index (χ1n) is 7.04. The third-order valence-corrected chi connectivity index (χ3v) is 3.31. The van der Waals surface area contributed by atoms with Crippen molar-refractivity contribution < 1.29 is 0 Å². The molecule has 0 amide bonds. The van der Waals surface area contributed by atoms with Gasteiger partial charge in [0.1, 0.15) is 5.82 Å². The van der Waals surface area contributed by atoms with Gasteiger partial charge in [0.2, 0.25) is 0 Å². The molecular weight excluding hydrogens is 234 g/mol. The number of aromatic amines is 1. The van der Waals surface area contributed by atoms with Crippen LogP contribution in [0.2, 0.25) is 0 Å². The highest BCUT2D eigenvalue weighted by atomic mass is 15.0. The van der Waals surface area contributed by atoms with Crippen LogP contribution in [0.3, 0.4) is 0 Å². The molecule has 3 heteroatoms. The number of hydrogen-bond donors (Lipinski definition) is 2. The van der Waals surface area contributed by atoms with Crippen molar-refractivity contribution in [1.29, 1.82) is 0 Å². The molecule has 102 valence electrons. The molecule has 3 nitrogen and oxygen atoms in total. The van der Waals surface area contributed by atoms with Crippen LogP contribution in [0.25, 0.3) is 11.4 Å². The smallest absolute Gasteiger partial charge is 0.137 e. The third kappa shape index (κ3) is 3.67. The van der Waals surface area contributed by atoms with Gasteiger partial charge in [-0.15, -0.1) is 0 Å². The van der Waals surface area contributed by atoms with Gasteiger partial charge in [-0.25, -0.2) is 4.98 Å². The van der Waals surface area contributed by atoms with E-state index in [2.05, 4.69) is 60.3 Å². The molecule has 1 heterocycles. The van der Waals surface area contributed by atoms with Crippen LogP contribution in [0.5, 0.6) is 0 Å². The molecule has 2 rings (SSSR count). The van der Waals surface area contributed by atoms with Crippen molar-refractivity contribution in [3.63, 3.8) is 0 Å². The average molecular weight is 257 g/mol. The van der Waals surface area contributed by atoms with Gasteiger partial charge in [0.05, 0.1) is 5.69 Å². The molecule has 0 aliphatic carbocycles. The lowest BCUT2D eigenvalue weighted by Crippen LogP contribution is -2.15. The van der Waals surface area contributed by atoms with Crippen molar-refractivity contribution in [3.8, 4) is 11.4 Å². The number of H-pyrrole nitrogens is 1. The fraction of sp³-hybridized carbons (Fsp3) is 0.438. The number of nitrogens with one attached hydrogen (secondary N) is 2. The van der Waals surface area contributed by atoms with E-state index in [9.17, 15) is 0 Å². The van der Waals surface area contributed by atoms with Crippen LogP contribution in [-0.4, -0.2) is 16.5 Å². The number of hydrogen-bond acceptors (Lipinski definition) is 2. The highest BCUT2D eigenvalue weighted by molar-refractivity contribution is 5.56. The Kier molecular flexibility index (Phi) is 4.74. The lowest BCUT2D eigenvalue weighted by atomic mass is 10.1. The first-order chi connectivity index (χ1) is 9.20. The van der Waals surface area contributed by atoms with Crippen molar-refractivity contribution in [2.24, 2.45) is 0 Å². The van der Waals surface area contributed by atoms with Crippen molar-refractivity contribution >= 4 is 0 Å². The van der Waals surface area contributed by atoms with Crippen LogP contribution in [-0.2, 0) is 6.54 Å². The topological polar surface area (TPSA) is 40.7 Å². The number of imidazole rings is 1. The Morgan fingerprint density at radius 2 is 1.89 bits per heavy atom. The Balaban J connectivity index is 2.05. The van der Waals surface area contributed by atoms with Gasteiger partial charge in [-0.3, -0.25) is 0 Å². The number of rotatable bonds is 6. The molecule has 1 aromatic carbocycles. The van der Waals surface area contributed by atoms with Crippen molar-refractivity contribution in [1.82, 2.24) is 15.3 Å². The van der Waals surface area contributed by atoms with Crippen LogP contribution in [0.15, 0.2) is 24.3 Å². The normalized spacial score (nSPS) is 10.9. The molecule has 0 aliphatic rings. The Bertz CT molecular complexity index is 511. The monoisotopic (exact) mass is 257 g/mol. The lowest BCUT2D eigenvalue weighted by molar-refractivity contribution is 0.633. The Morgan fingerprint density at radius 3 is 2.58 bits per heavy atom. The van der Waals surface area contributed by atoms with Crippen molar-refractivity contribution in [3.05, 3.63) is 41.2 Å². The van der Waals surface area contributed by atoms with Gasteiger partial charge in [0.25, 0.3) is 0 Å². The zero-order valence-corrected chi connectivity index (χ0v) is 12.1. The fourth-order valence-electron chi connectivity index (χ4n) is 2.03. The summed E-state index contributed by atoms with van der Waals surface area (Å²) in [5, 5.41) is 3.43. The second kappa shape index (κ2) is 6.53. The molecule has 0 aliphatic heterocycles. The number of nitrogens with zero attached hydrogens (tertiary/aromatic N) is 1. The SMILES string of the molecule is CCCCNCc1nc(-c2ccc(C)cc2)[nH]c1C. The van der Waals surface area contributed by atoms with Crippen LogP contribution < -0.4 is 5.32 Å². The molecule has 0 bridgehead atoms. The summed E-state index contributed by atoms with van der Waals surface area (Å²) in [5.74, 6) is 0.963. The van der Waals surface area contributed by atoms with E-state index in [4.69, 9.17) is 0 Å². The Morgan fingerprint density at radius 1 is 1.16 bits per heavy atom. The molecule has 1 aromatic heterocycles. The number of unbranched alkanes of at least 4 members (excludes halogenated alkanes) is 1. The standard InChI is InChI=1S/C16H23N3/c1-4-5-10-17-11-15-13(3)18-16(19-15)14-8-6-12(2)7-9-14/h6-9,17H,4-5,10-11H2,1-3H3,(H,18,19). The molecule has 0 radical (unpaired) electrons. The summed E-state index contributed by atoms with van der Waals surface area (Å²) in [6.07, 6.45) is 2.44. The van der Waals surface area contributed by atoms with Gasteiger partial charge < -0.3 is 10.3 Å². The van der Waals surface area contributed by atoms with Crippen LogP contribution in [0.1, 0.15) is 36.7 Å². The average Bonchev–Trinajstić information content (AvgIpc) is 2.77. The summed E-state index contributed by atoms with van der Waals surface area (Å²) in [4.78, 5) is 8.06. The molecule has 2 aromatic rings. The predicted octanol–water partition coefficient (Wildman–Crippen LogP) is 3.58. The van der Waals surface area contributed by atoms with E-state index in [0.29, 0.717) is 0 Å². The number of aromatic nitrogens is 2. The zero-order chi connectivity index (χ0) is 13.7. The second-order valence-corrected chi connectivity index (χ2v) is 5.05. The summed E-state index contributed by atoms with van der Waals surface area (Å²) in [7, 11) is 0. The zero-order valence-electron chi connectivity index (χ0n) is 12.1. The van der Waals surface area contributed by atoms with E-state index >= 15 is 0 Å². The molecule has 2 N–H and O–H groups in total. The summed E-state index contributed by atoms with van der Waals surface area (Å²) in [6, 6.07) is 8.46. The molecule has 0 spiro atoms. The van der Waals surface area contributed by atoms with Crippen LogP contribution in [0, 0.1) is 13.8 Å². The second-order valence-electron chi connectivity index (χ2n) is 5.05. The Labute approximate surface area is 115 Å². The minimum Gasteiger partial charge on any atom is -0.342 e. The molecule has 0 saturated heterocycles. The first kappa shape index (κ1) is 13.8. The molecule has 0 fully saturated rings. The van der Waals surface area contributed by atoms with Crippen LogP contribution in [0.4, 0.5) is 0 Å². The largest absolute Gasteiger partial charge is 0.342 e. The fourth-order valence-corrected chi connectivity index (χ4v) is 2.03. The van der Waals surface area contributed by atoms with Gasteiger partial charge >= 0.3 is 0 Å². The molecule has 0 atom stereocenters. The van der Waals surface area contributed by atoms with E-state index in [1.807, 2.05) is 0 Å². The summed E-state index contributed by atoms with van der Waals surface area (Å²) >= 11 is 0. The number of benzene rings is 1. The molecule has 19 heavy (non-hydrogen) atoms. The van der Waals surface area contributed by atoms with Gasteiger partial charge in [-0.05, 0) is 26.8 Å². The minimum absolute atomic E-state index is 0.841. The summed E-state index contributed by atoms with van der Waals surface area (Å²) in [6.45, 7) is 8.29.